The second-order valence-electron chi connectivity index (χ2n) is 4.96. The van der Waals surface area contributed by atoms with Crippen LogP contribution in [0.5, 0.6) is 0 Å². The maximum atomic E-state index is 5.34. The zero-order valence-corrected chi connectivity index (χ0v) is 11.8. The van der Waals surface area contributed by atoms with Crippen molar-refractivity contribution in [3.8, 4) is 5.69 Å². The van der Waals surface area contributed by atoms with Gasteiger partial charge in [-0.25, -0.2) is 4.68 Å². The number of nitrogens with one attached hydrogen (secondary N) is 1. The van der Waals surface area contributed by atoms with Crippen LogP contribution in [0.15, 0.2) is 53.4 Å². The molecule has 0 aliphatic heterocycles. The van der Waals surface area contributed by atoms with Crippen LogP contribution in [-0.4, -0.2) is 26.2 Å². The Morgan fingerprint density at radius 1 is 1.24 bits per heavy atom. The van der Waals surface area contributed by atoms with Gasteiger partial charge in [0.2, 0.25) is 0 Å². The Bertz CT molecular complexity index is 646. The highest BCUT2D eigenvalue weighted by Gasteiger charge is 2.05. The van der Waals surface area contributed by atoms with Crippen molar-refractivity contribution < 1.29 is 4.42 Å². The first kappa shape index (κ1) is 13.4. The quantitative estimate of drug-likeness (QED) is 0.753. The van der Waals surface area contributed by atoms with Gasteiger partial charge in [0, 0.05) is 18.2 Å². The van der Waals surface area contributed by atoms with Crippen LogP contribution in [0.1, 0.15) is 19.1 Å². The topological polar surface area (TPSA) is 68.8 Å². The van der Waals surface area contributed by atoms with Crippen molar-refractivity contribution >= 4 is 5.69 Å². The molecule has 21 heavy (non-hydrogen) atoms. The van der Waals surface area contributed by atoms with Crippen molar-refractivity contribution in [2.24, 2.45) is 0 Å². The van der Waals surface area contributed by atoms with E-state index in [1.54, 1.807) is 17.3 Å². The summed E-state index contributed by atoms with van der Waals surface area (Å²) in [6.07, 6.45) is 5.24. The van der Waals surface area contributed by atoms with E-state index in [9.17, 15) is 0 Å². The van der Waals surface area contributed by atoms with Crippen molar-refractivity contribution in [1.82, 2.24) is 20.2 Å². The fourth-order valence-electron chi connectivity index (χ4n) is 2.16. The van der Waals surface area contributed by atoms with Crippen LogP contribution >= 0.6 is 0 Å². The lowest BCUT2D eigenvalue weighted by Crippen LogP contribution is -2.15. The number of tetrazole rings is 1. The molecule has 1 atom stereocenters. The molecule has 0 aliphatic carbocycles. The number of anilines is 1. The number of aromatic nitrogens is 4. The van der Waals surface area contributed by atoms with E-state index in [1.807, 2.05) is 36.4 Å². The summed E-state index contributed by atoms with van der Waals surface area (Å²) in [5.41, 5.74) is 2.02. The lowest BCUT2D eigenvalue weighted by molar-refractivity contribution is 0.495. The molecule has 3 aromatic rings. The Kier molecular flexibility index (Phi) is 3.95. The second kappa shape index (κ2) is 6.21. The average molecular weight is 283 g/mol. The van der Waals surface area contributed by atoms with Crippen LogP contribution in [0, 0.1) is 0 Å². The number of hydrogen-bond acceptors (Lipinski definition) is 5. The third-order valence-electron chi connectivity index (χ3n) is 3.30. The van der Waals surface area contributed by atoms with Gasteiger partial charge in [-0.3, -0.25) is 0 Å². The van der Waals surface area contributed by atoms with Gasteiger partial charge in [-0.05, 0) is 60.2 Å². The Hall–Kier alpha value is -2.63. The minimum absolute atomic E-state index is 0.369. The van der Waals surface area contributed by atoms with Gasteiger partial charge in [0.1, 0.15) is 12.1 Å². The van der Waals surface area contributed by atoms with E-state index in [4.69, 9.17) is 4.42 Å². The molecule has 0 amide bonds. The van der Waals surface area contributed by atoms with Gasteiger partial charge < -0.3 is 9.73 Å². The number of nitrogens with zero attached hydrogens (tertiary/aromatic N) is 4. The Morgan fingerprint density at radius 2 is 2.10 bits per heavy atom. The molecule has 2 heterocycles. The summed E-state index contributed by atoms with van der Waals surface area (Å²) in [6, 6.07) is 12.3. The molecule has 0 radical (unpaired) electrons. The molecule has 0 saturated carbocycles. The first-order valence-corrected chi connectivity index (χ1v) is 6.93. The van der Waals surface area contributed by atoms with Gasteiger partial charge >= 0.3 is 0 Å². The number of hydrogen-bond donors (Lipinski definition) is 1. The van der Waals surface area contributed by atoms with Crippen LogP contribution < -0.4 is 5.32 Å². The predicted molar refractivity (Wildman–Crippen MR) is 79.3 cm³/mol. The van der Waals surface area contributed by atoms with Gasteiger partial charge in [0.05, 0.1) is 12.0 Å². The fraction of sp³-hybridized carbons (Fsp3) is 0.267. The lowest BCUT2D eigenvalue weighted by Gasteiger charge is -2.14. The summed E-state index contributed by atoms with van der Waals surface area (Å²) in [6.45, 7) is 2.16. The molecule has 0 saturated heterocycles. The first-order chi connectivity index (χ1) is 10.3. The number of benzene rings is 1. The number of aryl methyl sites for hydroxylation is 1. The van der Waals surface area contributed by atoms with Crippen molar-refractivity contribution in [1.29, 1.82) is 0 Å². The summed E-state index contributed by atoms with van der Waals surface area (Å²) in [5, 5.41) is 14.6. The van der Waals surface area contributed by atoms with Crippen molar-refractivity contribution in [3.63, 3.8) is 0 Å². The van der Waals surface area contributed by atoms with E-state index < -0.39 is 0 Å². The van der Waals surface area contributed by atoms with Gasteiger partial charge in [0.25, 0.3) is 0 Å². The van der Waals surface area contributed by atoms with Crippen molar-refractivity contribution in [2.75, 3.05) is 5.32 Å². The molecule has 1 unspecified atom stereocenters. The normalized spacial score (nSPS) is 12.2. The monoisotopic (exact) mass is 283 g/mol. The standard InChI is InChI=1S/C15H17N5O/c1-12(4-9-15-3-2-10-21-15)17-13-5-7-14(8-6-13)20-11-16-18-19-20/h2-3,5-8,10-12,17H,4,9H2,1H3. The van der Waals surface area contributed by atoms with Crippen molar-refractivity contribution in [3.05, 3.63) is 54.7 Å². The van der Waals surface area contributed by atoms with E-state index >= 15 is 0 Å². The SMILES string of the molecule is CC(CCc1ccco1)Nc1ccc(-n2cnnn2)cc1. The molecule has 0 spiro atoms. The van der Waals surface area contributed by atoms with Crippen LogP contribution in [-0.2, 0) is 6.42 Å². The smallest absolute Gasteiger partial charge is 0.143 e. The van der Waals surface area contributed by atoms with Gasteiger partial charge in [0.15, 0.2) is 0 Å². The van der Waals surface area contributed by atoms with E-state index in [0.717, 1.165) is 30.0 Å². The average Bonchev–Trinajstić information content (AvgIpc) is 3.19. The molecule has 6 heteroatoms. The minimum Gasteiger partial charge on any atom is -0.469 e. The van der Waals surface area contributed by atoms with Gasteiger partial charge in [-0.15, -0.1) is 5.10 Å². The van der Waals surface area contributed by atoms with E-state index in [-0.39, 0.29) is 0 Å². The first-order valence-electron chi connectivity index (χ1n) is 6.93. The molecular formula is C15H17N5O. The van der Waals surface area contributed by atoms with Crippen LogP contribution in [0.3, 0.4) is 0 Å². The van der Waals surface area contributed by atoms with E-state index in [1.165, 1.54) is 0 Å². The molecule has 0 bridgehead atoms. The Labute approximate surface area is 122 Å². The summed E-state index contributed by atoms with van der Waals surface area (Å²) < 4.78 is 6.97. The molecule has 0 aliphatic rings. The zero-order chi connectivity index (χ0) is 14.5. The Balaban J connectivity index is 1.55. The molecule has 108 valence electrons. The molecule has 0 fully saturated rings. The predicted octanol–water partition coefficient (Wildman–Crippen LogP) is 2.69. The molecule has 2 aromatic heterocycles. The minimum atomic E-state index is 0.369. The highest BCUT2D eigenvalue weighted by Crippen LogP contribution is 2.15. The summed E-state index contributed by atoms with van der Waals surface area (Å²) in [7, 11) is 0. The molecule has 6 nitrogen and oxygen atoms in total. The summed E-state index contributed by atoms with van der Waals surface area (Å²) >= 11 is 0. The van der Waals surface area contributed by atoms with Crippen LogP contribution in [0.4, 0.5) is 5.69 Å². The number of furan rings is 1. The lowest BCUT2D eigenvalue weighted by atomic mass is 10.1. The fourth-order valence-corrected chi connectivity index (χ4v) is 2.16. The summed E-state index contributed by atoms with van der Waals surface area (Å²) in [5.74, 6) is 1.03. The molecular weight excluding hydrogens is 266 g/mol. The maximum Gasteiger partial charge on any atom is 0.143 e. The Morgan fingerprint density at radius 3 is 2.76 bits per heavy atom. The largest absolute Gasteiger partial charge is 0.469 e. The van der Waals surface area contributed by atoms with Crippen LogP contribution in [0.2, 0.25) is 0 Å². The third kappa shape index (κ3) is 3.47. The highest BCUT2D eigenvalue weighted by molar-refractivity contribution is 5.48. The zero-order valence-electron chi connectivity index (χ0n) is 11.8. The highest BCUT2D eigenvalue weighted by atomic mass is 16.3. The van der Waals surface area contributed by atoms with Gasteiger partial charge in [-0.1, -0.05) is 0 Å². The summed E-state index contributed by atoms with van der Waals surface area (Å²) in [4.78, 5) is 0. The number of rotatable bonds is 6. The third-order valence-corrected chi connectivity index (χ3v) is 3.30. The molecule has 1 aromatic carbocycles. The van der Waals surface area contributed by atoms with E-state index in [2.05, 4.69) is 27.8 Å². The maximum absolute atomic E-state index is 5.34. The second-order valence-corrected chi connectivity index (χ2v) is 4.96. The van der Waals surface area contributed by atoms with Crippen LogP contribution in [0.25, 0.3) is 5.69 Å². The van der Waals surface area contributed by atoms with Gasteiger partial charge in [-0.2, -0.15) is 0 Å². The molecule has 1 N–H and O–H groups in total. The van der Waals surface area contributed by atoms with Crippen molar-refractivity contribution in [2.45, 2.75) is 25.8 Å². The molecule has 3 rings (SSSR count). The van der Waals surface area contributed by atoms with E-state index in [0.29, 0.717) is 6.04 Å².